The molecule has 9 heteroatoms. The minimum absolute atomic E-state index is 0.0507. The molecule has 0 N–H and O–H groups in total. The number of carbonyl (C=O) groups is 1. The summed E-state index contributed by atoms with van der Waals surface area (Å²) in [5.74, 6) is 0.211. The van der Waals surface area contributed by atoms with Crippen LogP contribution in [0, 0.1) is 0 Å². The lowest BCUT2D eigenvalue weighted by Gasteiger charge is -2.38. The normalized spacial score (nSPS) is 15.4. The summed E-state index contributed by atoms with van der Waals surface area (Å²) in [5.41, 5.74) is 2.18. The molecule has 1 aliphatic heterocycles. The minimum atomic E-state index is -4.97. The fraction of sp³-hybridized carbons (Fsp3) is 0.500. The van der Waals surface area contributed by atoms with Gasteiger partial charge in [-0.2, -0.15) is 13.2 Å². The van der Waals surface area contributed by atoms with E-state index in [0.29, 0.717) is 55.0 Å². The van der Waals surface area contributed by atoms with Gasteiger partial charge in [-0.05, 0) is 81.5 Å². The van der Waals surface area contributed by atoms with Gasteiger partial charge in [0, 0.05) is 6.54 Å². The Labute approximate surface area is 203 Å². The highest BCUT2D eigenvalue weighted by molar-refractivity contribution is 5.82. The average Bonchev–Trinajstić information content (AvgIpc) is 2.81. The Morgan fingerprint density at radius 2 is 1.40 bits per heavy atom. The molecule has 0 saturated heterocycles. The van der Waals surface area contributed by atoms with Crippen LogP contribution in [-0.2, 0) is 17.6 Å². The number of amides is 1. The van der Waals surface area contributed by atoms with Crippen LogP contribution in [0.25, 0.3) is 0 Å². The zero-order valence-electron chi connectivity index (χ0n) is 20.5. The third-order valence-corrected chi connectivity index (χ3v) is 5.70. The molecule has 0 bridgehead atoms. The molecule has 2 aromatic rings. The first-order chi connectivity index (χ1) is 16.7. The van der Waals surface area contributed by atoms with Gasteiger partial charge in [-0.15, -0.1) is 0 Å². The second-order valence-corrected chi connectivity index (χ2v) is 7.98. The number of fused-ring (bicyclic) bond motifs is 1. The van der Waals surface area contributed by atoms with Crippen molar-refractivity contribution >= 4 is 5.91 Å². The van der Waals surface area contributed by atoms with Gasteiger partial charge in [0.1, 0.15) is 0 Å². The van der Waals surface area contributed by atoms with Gasteiger partial charge in [0.25, 0.3) is 0 Å². The lowest BCUT2D eigenvalue weighted by molar-refractivity contribution is -0.188. The Morgan fingerprint density at radius 1 is 0.857 bits per heavy atom. The number of hydrogen-bond donors (Lipinski definition) is 0. The molecule has 2 aromatic carbocycles. The third-order valence-electron chi connectivity index (χ3n) is 5.70. The molecule has 1 amide bonds. The van der Waals surface area contributed by atoms with Crippen molar-refractivity contribution in [3.63, 3.8) is 0 Å². The van der Waals surface area contributed by atoms with Crippen molar-refractivity contribution in [2.24, 2.45) is 0 Å². The van der Waals surface area contributed by atoms with Crippen LogP contribution in [0.15, 0.2) is 30.3 Å². The molecule has 0 aliphatic carbocycles. The van der Waals surface area contributed by atoms with Gasteiger partial charge >= 0.3 is 12.1 Å². The van der Waals surface area contributed by atoms with E-state index in [0.717, 1.165) is 16.0 Å². The quantitative estimate of drug-likeness (QED) is 0.435. The SMILES string of the molecule is CCOc1ccc(C[C@H]2c3cc(OCC)c(OCC)cc3CCN2C(=O)C(F)(F)F)cc1OCC. The molecule has 6 nitrogen and oxygen atoms in total. The van der Waals surface area contributed by atoms with Crippen LogP contribution < -0.4 is 18.9 Å². The summed E-state index contributed by atoms with van der Waals surface area (Å²) in [4.78, 5) is 13.3. The summed E-state index contributed by atoms with van der Waals surface area (Å²) >= 11 is 0. The molecular formula is C26H32F3NO5. The summed E-state index contributed by atoms with van der Waals surface area (Å²) in [7, 11) is 0. The Kier molecular flexibility index (Phi) is 8.75. The summed E-state index contributed by atoms with van der Waals surface area (Å²) in [6.07, 6.45) is -4.52. The highest BCUT2D eigenvalue weighted by Gasteiger charge is 2.46. The largest absolute Gasteiger partial charge is 0.490 e. The lowest BCUT2D eigenvalue weighted by Crippen LogP contribution is -2.47. The van der Waals surface area contributed by atoms with Gasteiger partial charge in [0.15, 0.2) is 23.0 Å². The van der Waals surface area contributed by atoms with E-state index in [1.54, 1.807) is 24.3 Å². The molecule has 0 unspecified atom stereocenters. The molecule has 0 aromatic heterocycles. The van der Waals surface area contributed by atoms with E-state index in [1.807, 2.05) is 33.8 Å². The van der Waals surface area contributed by atoms with Gasteiger partial charge < -0.3 is 23.8 Å². The van der Waals surface area contributed by atoms with Crippen molar-refractivity contribution < 1.29 is 36.9 Å². The zero-order valence-corrected chi connectivity index (χ0v) is 20.5. The maximum atomic E-state index is 13.5. The number of halogens is 3. The molecule has 0 radical (unpaired) electrons. The highest BCUT2D eigenvalue weighted by atomic mass is 19.4. The Morgan fingerprint density at radius 3 is 1.97 bits per heavy atom. The van der Waals surface area contributed by atoms with E-state index in [-0.39, 0.29) is 19.4 Å². The van der Waals surface area contributed by atoms with Crippen molar-refractivity contribution in [3.05, 3.63) is 47.0 Å². The number of benzene rings is 2. The standard InChI is InChI=1S/C26H32F3NO5/c1-5-32-21-10-9-17(14-22(21)33-6-2)13-20-19-16-24(35-8-4)23(34-7-3)15-18(19)11-12-30(20)25(31)26(27,28)29/h9-10,14-16,20H,5-8,11-13H2,1-4H3/t20-/m0/s1. The first kappa shape index (κ1) is 26.5. The van der Waals surface area contributed by atoms with Crippen molar-refractivity contribution in [1.29, 1.82) is 0 Å². The lowest BCUT2D eigenvalue weighted by atomic mass is 9.88. The van der Waals surface area contributed by atoms with Gasteiger partial charge in [-0.25, -0.2) is 0 Å². The van der Waals surface area contributed by atoms with E-state index in [4.69, 9.17) is 18.9 Å². The fourth-order valence-electron chi connectivity index (χ4n) is 4.32. The van der Waals surface area contributed by atoms with E-state index in [9.17, 15) is 18.0 Å². The molecule has 192 valence electrons. The summed E-state index contributed by atoms with van der Waals surface area (Å²) in [5, 5.41) is 0. The van der Waals surface area contributed by atoms with Crippen LogP contribution in [0.2, 0.25) is 0 Å². The molecule has 0 fully saturated rings. The van der Waals surface area contributed by atoms with Crippen molar-refractivity contribution in [3.8, 4) is 23.0 Å². The second-order valence-electron chi connectivity index (χ2n) is 7.98. The number of carbonyl (C=O) groups excluding carboxylic acids is 1. The molecule has 1 atom stereocenters. The summed E-state index contributed by atoms with van der Waals surface area (Å²) in [6.45, 7) is 8.97. The molecular weight excluding hydrogens is 463 g/mol. The molecule has 3 rings (SSSR count). The van der Waals surface area contributed by atoms with Crippen LogP contribution in [0.1, 0.15) is 50.4 Å². The van der Waals surface area contributed by atoms with Gasteiger partial charge in [0.2, 0.25) is 0 Å². The highest BCUT2D eigenvalue weighted by Crippen LogP contribution is 2.42. The van der Waals surface area contributed by atoms with Crippen LogP contribution in [-0.4, -0.2) is 50.0 Å². The van der Waals surface area contributed by atoms with Crippen LogP contribution in [0.5, 0.6) is 23.0 Å². The number of rotatable bonds is 10. The van der Waals surface area contributed by atoms with Gasteiger partial charge in [-0.1, -0.05) is 6.07 Å². The predicted molar refractivity (Wildman–Crippen MR) is 125 cm³/mol. The van der Waals surface area contributed by atoms with E-state index in [2.05, 4.69) is 0 Å². The number of hydrogen-bond acceptors (Lipinski definition) is 5. The summed E-state index contributed by atoms with van der Waals surface area (Å²) in [6, 6.07) is 7.98. The first-order valence-corrected chi connectivity index (χ1v) is 11.9. The molecule has 0 spiro atoms. The van der Waals surface area contributed by atoms with Crippen molar-refractivity contribution in [1.82, 2.24) is 4.90 Å². The Balaban J connectivity index is 2.08. The maximum absolute atomic E-state index is 13.5. The number of ether oxygens (including phenoxy) is 4. The van der Waals surface area contributed by atoms with Crippen LogP contribution >= 0.6 is 0 Å². The summed E-state index contributed by atoms with van der Waals surface area (Å²) < 4.78 is 63.3. The number of alkyl halides is 3. The zero-order chi connectivity index (χ0) is 25.6. The van der Waals surface area contributed by atoms with E-state index >= 15 is 0 Å². The maximum Gasteiger partial charge on any atom is 0.471 e. The molecule has 0 saturated carbocycles. The monoisotopic (exact) mass is 495 g/mol. The van der Waals surface area contributed by atoms with Crippen LogP contribution in [0.3, 0.4) is 0 Å². The Bertz CT molecular complexity index is 1020. The average molecular weight is 496 g/mol. The fourth-order valence-corrected chi connectivity index (χ4v) is 4.32. The molecule has 1 aliphatic rings. The molecule has 35 heavy (non-hydrogen) atoms. The van der Waals surface area contributed by atoms with E-state index in [1.165, 1.54) is 0 Å². The topological polar surface area (TPSA) is 57.2 Å². The van der Waals surface area contributed by atoms with Crippen LogP contribution in [0.4, 0.5) is 13.2 Å². The van der Waals surface area contributed by atoms with Gasteiger partial charge in [-0.3, -0.25) is 4.79 Å². The predicted octanol–water partition coefficient (Wildman–Crippen LogP) is 5.51. The smallest absolute Gasteiger partial charge is 0.471 e. The Hall–Kier alpha value is -3.10. The first-order valence-electron chi connectivity index (χ1n) is 11.9. The van der Waals surface area contributed by atoms with Crippen molar-refractivity contribution in [2.45, 2.75) is 52.8 Å². The number of nitrogens with zero attached hydrogens (tertiary/aromatic N) is 1. The molecule has 1 heterocycles. The third kappa shape index (κ3) is 6.13. The van der Waals surface area contributed by atoms with Gasteiger partial charge in [0.05, 0.1) is 32.5 Å². The van der Waals surface area contributed by atoms with Crippen molar-refractivity contribution in [2.75, 3.05) is 33.0 Å². The second kappa shape index (κ2) is 11.6. The minimum Gasteiger partial charge on any atom is -0.490 e. The van der Waals surface area contributed by atoms with E-state index < -0.39 is 18.1 Å².